The summed E-state index contributed by atoms with van der Waals surface area (Å²) < 4.78 is 65.5. The highest BCUT2D eigenvalue weighted by Crippen LogP contribution is 2.32. The summed E-state index contributed by atoms with van der Waals surface area (Å²) in [7, 11) is 0. The number of allylic oxidation sites excluding steroid dienone is 1. The number of aliphatic imine (C=N–C) groups is 1. The lowest BCUT2D eigenvalue weighted by Crippen LogP contribution is -2.15. The third-order valence-corrected chi connectivity index (χ3v) is 4.86. The van der Waals surface area contributed by atoms with Crippen LogP contribution in [0.2, 0.25) is 0 Å². The molecule has 3 rings (SSSR count). The van der Waals surface area contributed by atoms with E-state index in [2.05, 4.69) is 30.4 Å². The zero-order valence-electron chi connectivity index (χ0n) is 18.0. The number of nitrogens with one attached hydrogen (secondary N) is 4. The summed E-state index contributed by atoms with van der Waals surface area (Å²) in [5.41, 5.74) is 14.6. The van der Waals surface area contributed by atoms with Crippen LogP contribution in [0.15, 0.2) is 58.7 Å². The second-order valence-corrected chi connectivity index (χ2v) is 7.12. The minimum atomic E-state index is -4.72. The molecule has 182 valence electrons. The van der Waals surface area contributed by atoms with Crippen molar-refractivity contribution in [3.8, 4) is 11.1 Å². The van der Waals surface area contributed by atoms with E-state index in [0.29, 0.717) is 23.7 Å². The summed E-state index contributed by atoms with van der Waals surface area (Å²) >= 11 is 0. The maximum Gasteiger partial charge on any atom is 0.451 e. The van der Waals surface area contributed by atoms with E-state index in [4.69, 9.17) is 16.7 Å². The van der Waals surface area contributed by atoms with Crippen LogP contribution in [0.5, 0.6) is 0 Å². The maximum absolute atomic E-state index is 13.9. The van der Waals surface area contributed by atoms with Crippen LogP contribution in [0, 0.1) is 22.6 Å². The third kappa shape index (κ3) is 5.72. The number of aromatic nitrogens is 3. The van der Waals surface area contributed by atoms with Gasteiger partial charge < -0.3 is 16.0 Å². The molecule has 2 heterocycles. The molecule has 0 fully saturated rings. The van der Waals surface area contributed by atoms with Crippen molar-refractivity contribution in [1.29, 1.82) is 10.9 Å². The maximum atomic E-state index is 13.9. The molecular weight excluding hydrogens is 473 g/mol. The van der Waals surface area contributed by atoms with Crippen molar-refractivity contribution in [2.24, 2.45) is 15.8 Å². The number of nitrogens with two attached hydrogens (primary N) is 1. The average molecular weight is 491 g/mol. The third-order valence-electron chi connectivity index (χ3n) is 4.86. The highest BCUT2D eigenvalue weighted by atomic mass is 19.4. The number of rotatable bonds is 8. The molecule has 2 aromatic heterocycles. The van der Waals surface area contributed by atoms with Gasteiger partial charge in [-0.2, -0.15) is 18.3 Å². The first kappa shape index (κ1) is 25.1. The molecular formula is C21H18F5N9. The van der Waals surface area contributed by atoms with Gasteiger partial charge >= 0.3 is 6.18 Å². The number of H-pyrrole nitrogens is 1. The molecule has 9 nitrogen and oxygen atoms in total. The van der Waals surface area contributed by atoms with E-state index in [1.165, 1.54) is 18.3 Å². The van der Waals surface area contributed by atoms with Crippen LogP contribution in [0.25, 0.3) is 11.1 Å². The Morgan fingerprint density at radius 3 is 2.46 bits per heavy atom. The minimum Gasteiger partial charge on any atom is -0.382 e. The Hall–Kier alpha value is -4.49. The average Bonchev–Trinajstić information content (AvgIpc) is 3.26. The van der Waals surface area contributed by atoms with E-state index in [1.807, 2.05) is 0 Å². The van der Waals surface area contributed by atoms with Gasteiger partial charge in [-0.3, -0.25) is 5.41 Å². The standard InChI is InChI=1S/C21H18F5N9/c1-10(17(35-29)8-30-15-3-2-12(22)4-14(15)23)16-5-13(18(34-16)19(28)33-9-27)11-6-31-20(32-7-11)21(24,25)26/h2-10,29-30,34H,1H3,(H3,27,28,33)/b17-8-,35-29?. The number of aromatic amines is 1. The zero-order valence-corrected chi connectivity index (χ0v) is 18.0. The van der Waals surface area contributed by atoms with Crippen LogP contribution in [-0.2, 0) is 6.18 Å². The molecule has 0 aliphatic heterocycles. The van der Waals surface area contributed by atoms with Gasteiger partial charge in [0.15, 0.2) is 0 Å². The van der Waals surface area contributed by atoms with Crippen LogP contribution < -0.4 is 11.1 Å². The van der Waals surface area contributed by atoms with E-state index < -0.39 is 29.6 Å². The van der Waals surface area contributed by atoms with E-state index in [0.717, 1.165) is 18.5 Å². The molecule has 0 saturated carbocycles. The van der Waals surface area contributed by atoms with Crippen LogP contribution in [0.4, 0.5) is 27.6 Å². The normalized spacial score (nSPS) is 13.4. The lowest BCUT2D eigenvalue weighted by molar-refractivity contribution is -0.144. The Morgan fingerprint density at radius 2 is 1.89 bits per heavy atom. The molecule has 0 spiro atoms. The molecule has 14 heteroatoms. The predicted molar refractivity (Wildman–Crippen MR) is 118 cm³/mol. The first-order valence-electron chi connectivity index (χ1n) is 9.79. The van der Waals surface area contributed by atoms with E-state index in [9.17, 15) is 22.0 Å². The van der Waals surface area contributed by atoms with Crippen LogP contribution >= 0.6 is 0 Å². The van der Waals surface area contributed by atoms with Gasteiger partial charge in [-0.1, -0.05) is 6.92 Å². The number of amidine groups is 1. The van der Waals surface area contributed by atoms with E-state index >= 15 is 0 Å². The fourth-order valence-electron chi connectivity index (χ4n) is 3.06. The SMILES string of the molecule is CC(/C(=C/Nc1ccc(F)cc1F)N=N)c1cc(-c2cnc(C(F)(F)F)nc2)c(/C(N)=N\C=N)[nH]1. The fraction of sp³-hybridized carbons (Fsp3) is 0.143. The van der Waals surface area contributed by atoms with Gasteiger partial charge in [-0.05, 0) is 18.2 Å². The number of anilines is 1. The number of alkyl halides is 3. The lowest BCUT2D eigenvalue weighted by atomic mass is 10.0. The number of nitrogens with zero attached hydrogens (tertiary/aromatic N) is 4. The molecule has 1 aromatic carbocycles. The lowest BCUT2D eigenvalue weighted by Gasteiger charge is -2.11. The Balaban J connectivity index is 1.99. The van der Waals surface area contributed by atoms with Gasteiger partial charge in [0.05, 0.1) is 17.1 Å². The van der Waals surface area contributed by atoms with Gasteiger partial charge in [0.1, 0.15) is 23.8 Å². The summed E-state index contributed by atoms with van der Waals surface area (Å²) in [6, 6.07) is 4.46. The zero-order chi connectivity index (χ0) is 25.8. The van der Waals surface area contributed by atoms with Crippen LogP contribution in [-0.4, -0.2) is 27.1 Å². The first-order valence-corrected chi connectivity index (χ1v) is 9.79. The van der Waals surface area contributed by atoms with Gasteiger partial charge in [0.25, 0.3) is 0 Å². The molecule has 0 aliphatic rings. The predicted octanol–water partition coefficient (Wildman–Crippen LogP) is 5.17. The van der Waals surface area contributed by atoms with Gasteiger partial charge in [0, 0.05) is 47.4 Å². The molecule has 35 heavy (non-hydrogen) atoms. The minimum absolute atomic E-state index is 0.0446. The smallest absolute Gasteiger partial charge is 0.382 e. The Morgan fingerprint density at radius 1 is 1.20 bits per heavy atom. The van der Waals surface area contributed by atoms with Crippen molar-refractivity contribution in [3.63, 3.8) is 0 Å². The summed E-state index contributed by atoms with van der Waals surface area (Å²) in [6.45, 7) is 1.65. The highest BCUT2D eigenvalue weighted by Gasteiger charge is 2.34. The van der Waals surface area contributed by atoms with Crippen molar-refractivity contribution in [1.82, 2.24) is 15.0 Å². The quantitative estimate of drug-likeness (QED) is 0.128. The van der Waals surface area contributed by atoms with Gasteiger partial charge in [-0.15, -0.1) is 0 Å². The van der Waals surface area contributed by atoms with Gasteiger partial charge in [-0.25, -0.2) is 29.3 Å². The van der Waals surface area contributed by atoms with Crippen molar-refractivity contribution in [2.75, 3.05) is 5.32 Å². The molecule has 3 aromatic rings. The second kappa shape index (κ2) is 10.2. The van der Waals surface area contributed by atoms with Crippen molar-refractivity contribution in [3.05, 3.63) is 77.4 Å². The van der Waals surface area contributed by atoms with Gasteiger partial charge in [0.2, 0.25) is 5.82 Å². The summed E-state index contributed by atoms with van der Waals surface area (Å²) in [6.07, 6.45) is -0.827. The van der Waals surface area contributed by atoms with Crippen molar-refractivity contribution < 1.29 is 22.0 Å². The van der Waals surface area contributed by atoms with Crippen LogP contribution in [0.1, 0.15) is 30.1 Å². The molecule has 0 aliphatic carbocycles. The Labute approximate surface area is 195 Å². The largest absolute Gasteiger partial charge is 0.451 e. The monoisotopic (exact) mass is 491 g/mol. The van der Waals surface area contributed by atoms with E-state index in [1.54, 1.807) is 6.92 Å². The van der Waals surface area contributed by atoms with Crippen LogP contribution in [0.3, 0.4) is 0 Å². The number of hydrogen-bond donors (Lipinski definition) is 5. The molecule has 0 bridgehead atoms. The molecule has 0 amide bonds. The molecule has 0 radical (unpaired) electrons. The highest BCUT2D eigenvalue weighted by molar-refractivity contribution is 6.04. The topological polar surface area (TPSA) is 152 Å². The second-order valence-electron chi connectivity index (χ2n) is 7.12. The number of benzene rings is 1. The Bertz CT molecular complexity index is 1290. The summed E-state index contributed by atoms with van der Waals surface area (Å²) in [5, 5.41) is 13.2. The van der Waals surface area contributed by atoms with E-state index in [-0.39, 0.29) is 28.5 Å². The molecule has 6 N–H and O–H groups in total. The summed E-state index contributed by atoms with van der Waals surface area (Å²) in [5.74, 6) is -3.67. The van der Waals surface area contributed by atoms with Crippen molar-refractivity contribution >= 4 is 17.9 Å². The molecule has 0 saturated heterocycles. The molecule has 1 atom stereocenters. The van der Waals surface area contributed by atoms with Crippen molar-refractivity contribution in [2.45, 2.75) is 19.0 Å². The number of hydrogen-bond acceptors (Lipinski definition) is 6. The Kier molecular flexibility index (Phi) is 7.32. The molecule has 1 unspecified atom stereocenters. The summed E-state index contributed by atoms with van der Waals surface area (Å²) in [4.78, 5) is 13.4. The fourth-order valence-corrected chi connectivity index (χ4v) is 3.06. The number of halogens is 5. The first-order chi connectivity index (χ1) is 16.5.